The van der Waals surface area contributed by atoms with Crippen molar-refractivity contribution in [2.45, 2.75) is 0 Å². The first-order chi connectivity index (χ1) is 9.86. The summed E-state index contributed by atoms with van der Waals surface area (Å²) in [5, 5.41) is 22.6. The van der Waals surface area contributed by atoms with Gasteiger partial charge in [0.05, 0.1) is 10.5 Å². The lowest BCUT2D eigenvalue weighted by molar-refractivity contribution is -0.383. The van der Waals surface area contributed by atoms with Crippen LogP contribution in [0, 0.1) is 15.9 Å². The van der Waals surface area contributed by atoms with E-state index < -0.39 is 16.7 Å². The van der Waals surface area contributed by atoms with Crippen LogP contribution in [0.2, 0.25) is 5.02 Å². The van der Waals surface area contributed by atoms with Gasteiger partial charge in [-0.15, -0.1) is 0 Å². The average Bonchev–Trinajstić information content (AvgIpc) is 2.36. The van der Waals surface area contributed by atoms with Crippen molar-refractivity contribution in [2.75, 3.05) is 5.32 Å². The van der Waals surface area contributed by atoms with Crippen LogP contribution in [0.15, 0.2) is 36.4 Å². The molecule has 0 saturated carbocycles. The van der Waals surface area contributed by atoms with E-state index >= 15 is 0 Å². The number of nitro groups is 1. The van der Waals surface area contributed by atoms with Crippen molar-refractivity contribution in [3.8, 4) is 0 Å². The van der Waals surface area contributed by atoms with E-state index in [4.69, 9.17) is 16.7 Å². The van der Waals surface area contributed by atoms with Gasteiger partial charge in [0.2, 0.25) is 0 Å². The number of carboxylic acid groups (broad SMARTS) is 1. The predicted molar refractivity (Wildman–Crippen MR) is 74.7 cm³/mol. The quantitative estimate of drug-likeness (QED) is 0.661. The third-order valence-electron chi connectivity index (χ3n) is 2.58. The summed E-state index contributed by atoms with van der Waals surface area (Å²) in [7, 11) is 0. The molecule has 6 nitrogen and oxygen atoms in total. The maximum absolute atomic E-state index is 13.2. The van der Waals surface area contributed by atoms with Crippen LogP contribution in [0.3, 0.4) is 0 Å². The Hall–Kier alpha value is -2.67. The first kappa shape index (κ1) is 14.7. The van der Waals surface area contributed by atoms with E-state index in [2.05, 4.69) is 5.32 Å². The molecule has 2 aromatic carbocycles. The third-order valence-corrected chi connectivity index (χ3v) is 2.80. The molecule has 0 amide bonds. The zero-order valence-electron chi connectivity index (χ0n) is 10.3. The Morgan fingerprint density at radius 2 is 2.00 bits per heavy atom. The second-order valence-electron chi connectivity index (χ2n) is 4.08. The normalized spacial score (nSPS) is 10.2. The number of carboxylic acids is 1. The molecule has 0 fully saturated rings. The third kappa shape index (κ3) is 3.46. The molecule has 0 aliphatic rings. The summed E-state index contributed by atoms with van der Waals surface area (Å²) >= 11 is 5.69. The fourth-order valence-electron chi connectivity index (χ4n) is 1.71. The summed E-state index contributed by atoms with van der Waals surface area (Å²) in [6.07, 6.45) is 0. The SMILES string of the molecule is O=C(O)c1ccc([N+](=O)[O-])c(Nc2cc(F)cc(Cl)c2)c1. The molecule has 0 aliphatic carbocycles. The number of nitrogens with one attached hydrogen (secondary N) is 1. The summed E-state index contributed by atoms with van der Waals surface area (Å²) in [4.78, 5) is 21.2. The molecule has 2 N–H and O–H groups in total. The number of hydrogen-bond acceptors (Lipinski definition) is 4. The van der Waals surface area contributed by atoms with Crippen LogP contribution < -0.4 is 5.32 Å². The minimum atomic E-state index is -1.23. The highest BCUT2D eigenvalue weighted by Gasteiger charge is 2.17. The highest BCUT2D eigenvalue weighted by molar-refractivity contribution is 6.30. The van der Waals surface area contributed by atoms with Gasteiger partial charge in [-0.2, -0.15) is 0 Å². The Morgan fingerprint density at radius 3 is 2.57 bits per heavy atom. The summed E-state index contributed by atoms with van der Waals surface area (Å²) in [6, 6.07) is 6.80. The van der Waals surface area contributed by atoms with Crippen molar-refractivity contribution in [1.29, 1.82) is 0 Å². The summed E-state index contributed by atoms with van der Waals surface area (Å²) in [6.45, 7) is 0. The lowest BCUT2D eigenvalue weighted by atomic mass is 10.1. The highest BCUT2D eigenvalue weighted by atomic mass is 35.5. The number of carbonyl (C=O) groups is 1. The summed E-state index contributed by atoms with van der Waals surface area (Å²) < 4.78 is 13.2. The van der Waals surface area contributed by atoms with Gasteiger partial charge in [-0.05, 0) is 30.3 Å². The van der Waals surface area contributed by atoms with Crippen molar-refractivity contribution in [2.24, 2.45) is 0 Å². The average molecular weight is 311 g/mol. The number of halogens is 2. The molecule has 0 bridgehead atoms. The number of rotatable bonds is 4. The molecule has 0 aliphatic heterocycles. The Balaban J connectivity index is 2.47. The van der Waals surface area contributed by atoms with E-state index in [1.165, 1.54) is 6.07 Å². The van der Waals surface area contributed by atoms with E-state index in [-0.39, 0.29) is 27.6 Å². The maximum atomic E-state index is 13.2. The van der Waals surface area contributed by atoms with Gasteiger partial charge in [-0.3, -0.25) is 10.1 Å². The molecule has 8 heteroatoms. The lowest BCUT2D eigenvalue weighted by Crippen LogP contribution is -2.02. The second-order valence-corrected chi connectivity index (χ2v) is 4.51. The van der Waals surface area contributed by atoms with Crippen molar-refractivity contribution >= 4 is 34.6 Å². The topological polar surface area (TPSA) is 92.5 Å². The molecular formula is C13H8ClFN2O4. The van der Waals surface area contributed by atoms with Crippen LogP contribution >= 0.6 is 11.6 Å². The minimum absolute atomic E-state index is 0.0680. The first-order valence-corrected chi connectivity index (χ1v) is 5.99. The molecule has 0 heterocycles. The van der Waals surface area contributed by atoms with Gasteiger partial charge in [-0.1, -0.05) is 11.6 Å². The van der Waals surface area contributed by atoms with Gasteiger partial charge >= 0.3 is 5.97 Å². The van der Waals surface area contributed by atoms with Crippen LogP contribution in [0.5, 0.6) is 0 Å². The first-order valence-electron chi connectivity index (χ1n) is 5.61. The monoisotopic (exact) mass is 310 g/mol. The molecule has 2 aromatic rings. The maximum Gasteiger partial charge on any atom is 0.335 e. The fraction of sp³-hybridized carbons (Fsp3) is 0. The molecule has 0 saturated heterocycles. The van der Waals surface area contributed by atoms with Crippen LogP contribution in [-0.4, -0.2) is 16.0 Å². The van der Waals surface area contributed by atoms with Crippen LogP contribution in [0.4, 0.5) is 21.5 Å². The highest BCUT2D eigenvalue weighted by Crippen LogP contribution is 2.30. The van der Waals surface area contributed by atoms with Crippen LogP contribution in [-0.2, 0) is 0 Å². The zero-order chi connectivity index (χ0) is 15.6. The molecule has 108 valence electrons. The smallest absolute Gasteiger partial charge is 0.335 e. The van der Waals surface area contributed by atoms with Crippen molar-refractivity contribution in [3.63, 3.8) is 0 Å². The lowest BCUT2D eigenvalue weighted by Gasteiger charge is -2.08. The number of hydrogen-bond donors (Lipinski definition) is 2. The molecule has 0 aromatic heterocycles. The predicted octanol–water partition coefficient (Wildman–Crippen LogP) is 3.83. The number of aromatic carboxylic acids is 1. The molecule has 0 unspecified atom stereocenters. The second kappa shape index (κ2) is 5.76. The van der Waals surface area contributed by atoms with Gasteiger partial charge in [0.25, 0.3) is 5.69 Å². The molecule has 0 spiro atoms. The number of anilines is 2. The van der Waals surface area contributed by atoms with E-state index in [1.54, 1.807) is 0 Å². The van der Waals surface area contributed by atoms with Crippen LogP contribution in [0.1, 0.15) is 10.4 Å². The van der Waals surface area contributed by atoms with E-state index in [9.17, 15) is 19.3 Å². The summed E-state index contributed by atoms with van der Waals surface area (Å²) in [5.41, 5.74) is -0.363. The number of nitrogens with zero attached hydrogens (tertiary/aromatic N) is 1. The molecular weight excluding hydrogens is 303 g/mol. The molecule has 2 rings (SSSR count). The van der Waals surface area contributed by atoms with Crippen molar-refractivity contribution < 1.29 is 19.2 Å². The standard InChI is InChI=1S/C13H8ClFN2O4/c14-8-4-9(15)6-10(5-8)16-11-3-7(13(18)19)1-2-12(11)17(20)21/h1-6,16H,(H,18,19). The van der Waals surface area contributed by atoms with Crippen molar-refractivity contribution in [3.05, 3.63) is 62.9 Å². The largest absolute Gasteiger partial charge is 0.478 e. The number of benzene rings is 2. The van der Waals surface area contributed by atoms with E-state index in [0.29, 0.717) is 0 Å². The Morgan fingerprint density at radius 1 is 1.29 bits per heavy atom. The van der Waals surface area contributed by atoms with Gasteiger partial charge in [0.15, 0.2) is 0 Å². The Labute approximate surface area is 122 Å². The zero-order valence-corrected chi connectivity index (χ0v) is 11.1. The van der Waals surface area contributed by atoms with E-state index in [1.807, 2.05) is 0 Å². The summed E-state index contributed by atoms with van der Waals surface area (Å²) in [5.74, 6) is -1.85. The Kier molecular flexibility index (Phi) is 4.04. The number of nitro benzene ring substituents is 1. The Bertz CT molecular complexity index is 716. The van der Waals surface area contributed by atoms with Gasteiger partial charge in [0, 0.05) is 16.8 Å². The van der Waals surface area contributed by atoms with Crippen LogP contribution in [0.25, 0.3) is 0 Å². The van der Waals surface area contributed by atoms with Gasteiger partial charge < -0.3 is 10.4 Å². The molecule has 0 atom stereocenters. The van der Waals surface area contributed by atoms with Gasteiger partial charge in [0.1, 0.15) is 11.5 Å². The minimum Gasteiger partial charge on any atom is -0.478 e. The van der Waals surface area contributed by atoms with Gasteiger partial charge in [-0.25, -0.2) is 9.18 Å². The molecule has 0 radical (unpaired) electrons. The van der Waals surface area contributed by atoms with E-state index in [0.717, 1.165) is 30.3 Å². The fourth-order valence-corrected chi connectivity index (χ4v) is 1.93. The van der Waals surface area contributed by atoms with Crippen molar-refractivity contribution in [1.82, 2.24) is 0 Å². The molecule has 21 heavy (non-hydrogen) atoms.